The van der Waals surface area contributed by atoms with Gasteiger partial charge in [0.25, 0.3) is 0 Å². The van der Waals surface area contributed by atoms with Crippen LogP contribution in [0.2, 0.25) is 0 Å². The molecular weight excluding hydrogens is 230 g/mol. The Labute approximate surface area is 109 Å². The van der Waals surface area contributed by atoms with Gasteiger partial charge in [-0.15, -0.1) is 11.3 Å². The van der Waals surface area contributed by atoms with E-state index in [4.69, 9.17) is 0 Å². The maximum Gasteiger partial charge on any atom is 0.0944 e. The molecule has 1 N–H and O–H groups in total. The van der Waals surface area contributed by atoms with Crippen molar-refractivity contribution in [1.29, 1.82) is 0 Å². The summed E-state index contributed by atoms with van der Waals surface area (Å²) in [6.07, 6.45) is 0.998. The number of hydrogen-bond donors (Lipinski definition) is 1. The van der Waals surface area contributed by atoms with Crippen LogP contribution in [0, 0.1) is 6.92 Å². The molecule has 98 valence electrons. The third-order valence-corrected chi connectivity index (χ3v) is 4.49. The van der Waals surface area contributed by atoms with E-state index in [1.54, 1.807) is 11.3 Å². The lowest BCUT2D eigenvalue weighted by Gasteiger charge is -2.40. The fourth-order valence-corrected chi connectivity index (χ4v) is 2.62. The van der Waals surface area contributed by atoms with E-state index < -0.39 is 0 Å². The average molecular weight is 255 g/mol. The van der Waals surface area contributed by atoms with E-state index in [2.05, 4.69) is 62.4 Å². The van der Waals surface area contributed by atoms with Crippen molar-refractivity contribution >= 4 is 11.3 Å². The second-order valence-electron chi connectivity index (χ2n) is 5.25. The number of aromatic nitrogens is 1. The minimum atomic E-state index is 0.121. The summed E-state index contributed by atoms with van der Waals surface area (Å²) in [5, 5.41) is 6.94. The molecule has 0 aliphatic carbocycles. The predicted molar refractivity (Wildman–Crippen MR) is 75.8 cm³/mol. The molecule has 1 atom stereocenters. The van der Waals surface area contributed by atoms with Crippen LogP contribution < -0.4 is 5.32 Å². The predicted octanol–water partition coefficient (Wildman–Crippen LogP) is 2.31. The van der Waals surface area contributed by atoms with Crippen LogP contribution in [0.3, 0.4) is 0 Å². The highest BCUT2D eigenvalue weighted by Crippen LogP contribution is 2.21. The summed E-state index contributed by atoms with van der Waals surface area (Å²) in [6.45, 7) is 9.76. The molecule has 1 aromatic rings. The SMILES string of the molecule is CCNC(Cc1nc(C)cs1)C(C)(C)N(C)C. The number of nitrogens with one attached hydrogen (secondary N) is 1. The van der Waals surface area contributed by atoms with Crippen LogP contribution in [-0.2, 0) is 6.42 Å². The lowest BCUT2D eigenvalue weighted by atomic mass is 9.90. The Morgan fingerprint density at radius 3 is 2.53 bits per heavy atom. The van der Waals surface area contributed by atoms with Gasteiger partial charge in [-0.3, -0.25) is 0 Å². The topological polar surface area (TPSA) is 28.2 Å². The highest BCUT2D eigenvalue weighted by Gasteiger charge is 2.31. The molecule has 0 radical (unpaired) electrons. The van der Waals surface area contributed by atoms with Crippen molar-refractivity contribution in [2.75, 3.05) is 20.6 Å². The van der Waals surface area contributed by atoms with E-state index in [1.807, 2.05) is 0 Å². The summed E-state index contributed by atoms with van der Waals surface area (Å²) in [5.41, 5.74) is 1.25. The standard InChI is InChI=1S/C13H25N3S/c1-7-14-11(13(3,4)16(5)6)8-12-15-10(2)9-17-12/h9,11,14H,7-8H2,1-6H3. The van der Waals surface area contributed by atoms with E-state index in [0.29, 0.717) is 6.04 Å². The van der Waals surface area contributed by atoms with E-state index in [0.717, 1.165) is 18.7 Å². The van der Waals surface area contributed by atoms with Crippen LogP contribution in [0.15, 0.2) is 5.38 Å². The van der Waals surface area contributed by atoms with Gasteiger partial charge in [0.2, 0.25) is 0 Å². The van der Waals surface area contributed by atoms with Crippen LogP contribution in [-0.4, -0.2) is 42.1 Å². The monoisotopic (exact) mass is 255 g/mol. The molecular formula is C13H25N3S. The maximum atomic E-state index is 4.57. The molecule has 0 amide bonds. The minimum Gasteiger partial charge on any atom is -0.312 e. The largest absolute Gasteiger partial charge is 0.312 e. The number of hydrogen-bond acceptors (Lipinski definition) is 4. The fourth-order valence-electron chi connectivity index (χ4n) is 1.80. The molecule has 0 aromatic carbocycles. The quantitative estimate of drug-likeness (QED) is 0.845. The summed E-state index contributed by atoms with van der Waals surface area (Å²) in [5.74, 6) is 0. The van der Waals surface area contributed by atoms with Crippen LogP contribution in [0.4, 0.5) is 0 Å². The molecule has 1 unspecified atom stereocenters. The van der Waals surface area contributed by atoms with Gasteiger partial charge in [-0.2, -0.15) is 0 Å². The first-order chi connectivity index (χ1) is 7.87. The summed E-state index contributed by atoms with van der Waals surface area (Å²) < 4.78 is 0. The highest BCUT2D eigenvalue weighted by atomic mass is 32.1. The molecule has 1 rings (SSSR count). The molecule has 3 nitrogen and oxygen atoms in total. The molecule has 1 aromatic heterocycles. The van der Waals surface area contributed by atoms with Gasteiger partial charge in [-0.1, -0.05) is 6.92 Å². The van der Waals surface area contributed by atoms with E-state index in [1.165, 1.54) is 5.01 Å². The molecule has 0 aliphatic rings. The third-order valence-electron chi connectivity index (χ3n) is 3.50. The second kappa shape index (κ2) is 5.94. The van der Waals surface area contributed by atoms with Crippen LogP contribution >= 0.6 is 11.3 Å². The zero-order valence-corrected chi connectivity index (χ0v) is 12.7. The lowest BCUT2D eigenvalue weighted by molar-refractivity contribution is 0.138. The number of likely N-dealkylation sites (N-methyl/N-ethyl adjacent to an activating group) is 2. The highest BCUT2D eigenvalue weighted by molar-refractivity contribution is 7.09. The molecule has 0 fully saturated rings. The van der Waals surface area contributed by atoms with E-state index >= 15 is 0 Å². The number of nitrogens with zero attached hydrogens (tertiary/aromatic N) is 2. The summed E-state index contributed by atoms with van der Waals surface area (Å²) in [7, 11) is 4.27. The number of rotatable bonds is 6. The van der Waals surface area contributed by atoms with Crippen molar-refractivity contribution in [3.8, 4) is 0 Å². The van der Waals surface area contributed by atoms with Crippen molar-refractivity contribution in [2.45, 2.75) is 45.7 Å². The minimum absolute atomic E-state index is 0.121. The van der Waals surface area contributed by atoms with Crippen molar-refractivity contribution in [1.82, 2.24) is 15.2 Å². The molecule has 0 saturated carbocycles. The van der Waals surface area contributed by atoms with Crippen LogP contribution in [0.1, 0.15) is 31.5 Å². The van der Waals surface area contributed by atoms with Gasteiger partial charge in [0.15, 0.2) is 0 Å². The first kappa shape index (κ1) is 14.6. The maximum absolute atomic E-state index is 4.57. The molecule has 0 spiro atoms. The molecule has 0 bridgehead atoms. The summed E-state index contributed by atoms with van der Waals surface area (Å²) >= 11 is 1.76. The molecule has 1 heterocycles. The van der Waals surface area contributed by atoms with Gasteiger partial charge >= 0.3 is 0 Å². The van der Waals surface area contributed by atoms with Gasteiger partial charge in [0.05, 0.1) is 5.01 Å². The van der Waals surface area contributed by atoms with Gasteiger partial charge in [0.1, 0.15) is 0 Å². The Bertz CT molecular complexity index is 344. The van der Waals surface area contributed by atoms with Crippen molar-refractivity contribution in [2.24, 2.45) is 0 Å². The van der Waals surface area contributed by atoms with E-state index in [9.17, 15) is 0 Å². The Kier molecular flexibility index (Phi) is 5.10. The molecule has 17 heavy (non-hydrogen) atoms. The van der Waals surface area contributed by atoms with Crippen molar-refractivity contribution in [3.63, 3.8) is 0 Å². The van der Waals surface area contributed by atoms with Crippen molar-refractivity contribution in [3.05, 3.63) is 16.1 Å². The van der Waals surface area contributed by atoms with Gasteiger partial charge < -0.3 is 10.2 Å². The molecule has 0 saturated heterocycles. The third kappa shape index (κ3) is 3.76. The Balaban J connectivity index is 2.79. The molecule has 4 heteroatoms. The Hall–Kier alpha value is -0.450. The van der Waals surface area contributed by atoms with Gasteiger partial charge in [0, 0.05) is 29.1 Å². The van der Waals surface area contributed by atoms with E-state index in [-0.39, 0.29) is 5.54 Å². The lowest BCUT2D eigenvalue weighted by Crippen LogP contribution is -2.56. The van der Waals surface area contributed by atoms with Crippen molar-refractivity contribution < 1.29 is 0 Å². The van der Waals surface area contributed by atoms with Gasteiger partial charge in [-0.05, 0) is 41.4 Å². The molecule has 0 aliphatic heterocycles. The Morgan fingerprint density at radius 1 is 1.47 bits per heavy atom. The Morgan fingerprint density at radius 2 is 2.12 bits per heavy atom. The normalized spacial score (nSPS) is 14.3. The zero-order valence-electron chi connectivity index (χ0n) is 11.9. The first-order valence-corrected chi connectivity index (χ1v) is 7.07. The van der Waals surface area contributed by atoms with Crippen LogP contribution in [0.25, 0.3) is 0 Å². The van der Waals surface area contributed by atoms with Gasteiger partial charge in [-0.25, -0.2) is 4.98 Å². The van der Waals surface area contributed by atoms with Crippen LogP contribution in [0.5, 0.6) is 0 Å². The average Bonchev–Trinajstić information content (AvgIpc) is 2.63. The summed E-state index contributed by atoms with van der Waals surface area (Å²) in [6, 6.07) is 0.424. The summed E-state index contributed by atoms with van der Waals surface area (Å²) in [4.78, 5) is 6.84. The fraction of sp³-hybridized carbons (Fsp3) is 0.769. The smallest absolute Gasteiger partial charge is 0.0944 e. The number of aryl methyl sites for hydroxylation is 1. The number of thiazole rings is 1. The first-order valence-electron chi connectivity index (χ1n) is 6.19. The zero-order chi connectivity index (χ0) is 13.1. The second-order valence-corrected chi connectivity index (χ2v) is 6.19.